The minimum Gasteiger partial charge on any atom is -0.483 e. The number of carbonyl (C=O) groups is 1. The largest absolute Gasteiger partial charge is 0.483 e. The van der Waals surface area contributed by atoms with Gasteiger partial charge in [0.1, 0.15) is 5.75 Å². The van der Waals surface area contributed by atoms with Crippen LogP contribution in [0, 0.1) is 0 Å². The van der Waals surface area contributed by atoms with E-state index in [0.29, 0.717) is 29.7 Å². The molecule has 3 aromatic rings. The quantitative estimate of drug-likeness (QED) is 0.633. The van der Waals surface area contributed by atoms with Gasteiger partial charge < -0.3 is 19.4 Å². The number of halogens is 3. The number of nitrogens with zero attached hydrogens (tertiary/aromatic N) is 1. The summed E-state index contributed by atoms with van der Waals surface area (Å²) in [6.07, 6.45) is -2.82. The Morgan fingerprint density at radius 3 is 2.47 bits per heavy atom. The van der Waals surface area contributed by atoms with Gasteiger partial charge in [0.25, 0.3) is 11.5 Å². The van der Waals surface area contributed by atoms with Crippen LogP contribution < -0.4 is 15.6 Å². The first-order valence-electron chi connectivity index (χ1n) is 9.00. The number of methoxy groups -OCH3 is 1. The summed E-state index contributed by atoms with van der Waals surface area (Å²) in [5.41, 5.74) is -0.789. The number of ether oxygens (including phenoxy) is 2. The molecule has 0 aliphatic rings. The Morgan fingerprint density at radius 2 is 1.80 bits per heavy atom. The number of alkyl halides is 3. The number of anilines is 1. The van der Waals surface area contributed by atoms with Gasteiger partial charge in [0.2, 0.25) is 0 Å². The Bertz CT molecular complexity index is 1090. The molecule has 3 rings (SSSR count). The Hall–Kier alpha value is -3.33. The van der Waals surface area contributed by atoms with E-state index in [1.54, 1.807) is 37.6 Å². The third-order valence-corrected chi connectivity index (χ3v) is 4.37. The van der Waals surface area contributed by atoms with Gasteiger partial charge in [-0.3, -0.25) is 9.59 Å². The fourth-order valence-electron chi connectivity index (χ4n) is 2.86. The minimum atomic E-state index is -4.44. The van der Waals surface area contributed by atoms with Crippen molar-refractivity contribution >= 4 is 22.4 Å². The lowest BCUT2D eigenvalue weighted by molar-refractivity contribution is -0.137. The van der Waals surface area contributed by atoms with E-state index >= 15 is 0 Å². The molecule has 0 aliphatic heterocycles. The van der Waals surface area contributed by atoms with Crippen LogP contribution in [0.15, 0.2) is 59.5 Å². The van der Waals surface area contributed by atoms with E-state index in [-0.39, 0.29) is 17.9 Å². The van der Waals surface area contributed by atoms with Crippen molar-refractivity contribution in [2.45, 2.75) is 12.7 Å². The van der Waals surface area contributed by atoms with Gasteiger partial charge in [-0.05, 0) is 42.5 Å². The number of nitrogens with one attached hydrogen (secondary N) is 1. The van der Waals surface area contributed by atoms with Crippen LogP contribution in [0.3, 0.4) is 0 Å². The number of hydrogen-bond acceptors (Lipinski definition) is 4. The van der Waals surface area contributed by atoms with E-state index < -0.39 is 17.6 Å². The SMILES string of the molecule is COCCn1ccc2c(OCC(=O)Nc3ccc(C(F)(F)F)cc3)cccc2c1=O. The lowest BCUT2D eigenvalue weighted by Crippen LogP contribution is -2.22. The van der Waals surface area contributed by atoms with Gasteiger partial charge >= 0.3 is 6.18 Å². The second kappa shape index (κ2) is 9.00. The van der Waals surface area contributed by atoms with Crippen LogP contribution in [0.25, 0.3) is 10.8 Å². The van der Waals surface area contributed by atoms with Crippen molar-refractivity contribution in [1.82, 2.24) is 4.57 Å². The van der Waals surface area contributed by atoms with Crippen LogP contribution in [0.4, 0.5) is 18.9 Å². The van der Waals surface area contributed by atoms with Gasteiger partial charge in [-0.25, -0.2) is 0 Å². The highest BCUT2D eigenvalue weighted by Crippen LogP contribution is 2.29. The molecule has 1 amide bonds. The fourth-order valence-corrected chi connectivity index (χ4v) is 2.86. The molecule has 0 saturated heterocycles. The van der Waals surface area contributed by atoms with E-state index in [9.17, 15) is 22.8 Å². The molecule has 0 atom stereocenters. The smallest absolute Gasteiger partial charge is 0.416 e. The van der Waals surface area contributed by atoms with Gasteiger partial charge in [0, 0.05) is 30.9 Å². The molecular formula is C21H19F3N2O4. The van der Waals surface area contributed by atoms with Crippen LogP contribution in [0.2, 0.25) is 0 Å². The number of aromatic nitrogens is 1. The summed E-state index contributed by atoms with van der Waals surface area (Å²) < 4.78 is 49.8. The van der Waals surface area contributed by atoms with Gasteiger partial charge in [0.05, 0.1) is 17.6 Å². The lowest BCUT2D eigenvalue weighted by Gasteiger charge is -2.12. The number of benzene rings is 2. The van der Waals surface area contributed by atoms with Crippen molar-refractivity contribution in [2.24, 2.45) is 0 Å². The number of hydrogen-bond donors (Lipinski definition) is 1. The zero-order chi connectivity index (χ0) is 21.7. The van der Waals surface area contributed by atoms with Crippen molar-refractivity contribution in [2.75, 3.05) is 25.6 Å². The van der Waals surface area contributed by atoms with E-state index in [1.165, 1.54) is 16.7 Å². The van der Waals surface area contributed by atoms with Gasteiger partial charge in [-0.15, -0.1) is 0 Å². The second-order valence-corrected chi connectivity index (χ2v) is 6.44. The molecule has 2 aromatic carbocycles. The summed E-state index contributed by atoms with van der Waals surface area (Å²) in [5, 5.41) is 3.46. The van der Waals surface area contributed by atoms with Crippen molar-refractivity contribution in [3.63, 3.8) is 0 Å². The number of amides is 1. The van der Waals surface area contributed by atoms with Crippen molar-refractivity contribution in [3.05, 3.63) is 70.6 Å². The molecule has 30 heavy (non-hydrogen) atoms. The van der Waals surface area contributed by atoms with Gasteiger partial charge in [-0.1, -0.05) is 6.07 Å². The molecule has 0 saturated carbocycles. The summed E-state index contributed by atoms with van der Waals surface area (Å²) in [7, 11) is 1.55. The second-order valence-electron chi connectivity index (χ2n) is 6.44. The molecule has 1 heterocycles. The standard InChI is InChI=1S/C21H19F3N2O4/c1-29-12-11-26-10-9-16-17(20(26)28)3-2-4-18(16)30-13-19(27)25-15-7-5-14(6-8-15)21(22,23)24/h2-10H,11-13H2,1H3,(H,25,27). The highest BCUT2D eigenvalue weighted by Gasteiger charge is 2.30. The number of pyridine rings is 1. The van der Waals surface area contributed by atoms with Crippen LogP contribution in [0.1, 0.15) is 5.56 Å². The molecule has 0 fully saturated rings. The Morgan fingerprint density at radius 1 is 1.07 bits per heavy atom. The zero-order valence-electron chi connectivity index (χ0n) is 16.0. The van der Waals surface area contributed by atoms with Crippen LogP contribution in [-0.2, 0) is 22.3 Å². The maximum Gasteiger partial charge on any atom is 0.416 e. The fraction of sp³-hybridized carbons (Fsp3) is 0.238. The molecule has 9 heteroatoms. The predicted octanol–water partition coefficient (Wildman–Crippen LogP) is 3.68. The molecule has 1 aromatic heterocycles. The van der Waals surface area contributed by atoms with Crippen LogP contribution in [0.5, 0.6) is 5.75 Å². The lowest BCUT2D eigenvalue weighted by atomic mass is 10.1. The Balaban J connectivity index is 1.68. The molecule has 6 nitrogen and oxygen atoms in total. The third-order valence-electron chi connectivity index (χ3n) is 4.37. The molecule has 0 radical (unpaired) electrons. The maximum atomic E-state index is 12.6. The molecule has 1 N–H and O–H groups in total. The monoisotopic (exact) mass is 420 g/mol. The predicted molar refractivity (Wildman–Crippen MR) is 106 cm³/mol. The van der Waals surface area contributed by atoms with E-state index in [2.05, 4.69) is 5.32 Å². The number of carbonyl (C=O) groups excluding carboxylic acids is 1. The van der Waals surface area contributed by atoms with E-state index in [1.807, 2.05) is 0 Å². The minimum absolute atomic E-state index is 0.204. The average Bonchev–Trinajstić information content (AvgIpc) is 2.71. The van der Waals surface area contributed by atoms with E-state index in [4.69, 9.17) is 9.47 Å². The highest BCUT2D eigenvalue weighted by atomic mass is 19.4. The molecule has 158 valence electrons. The Kier molecular flexibility index (Phi) is 6.41. The number of rotatable bonds is 7. The third kappa shape index (κ3) is 4.98. The number of fused-ring (bicyclic) bond motifs is 1. The highest BCUT2D eigenvalue weighted by molar-refractivity contribution is 5.92. The topological polar surface area (TPSA) is 69.6 Å². The van der Waals surface area contributed by atoms with Crippen LogP contribution in [-0.4, -0.2) is 30.8 Å². The summed E-state index contributed by atoms with van der Waals surface area (Å²) in [4.78, 5) is 24.7. The summed E-state index contributed by atoms with van der Waals surface area (Å²) in [6, 6.07) is 10.8. The van der Waals surface area contributed by atoms with Crippen LogP contribution >= 0.6 is 0 Å². The molecule has 0 aliphatic carbocycles. The van der Waals surface area contributed by atoms with Gasteiger partial charge in [0.15, 0.2) is 6.61 Å². The first kappa shape index (κ1) is 21.4. The van der Waals surface area contributed by atoms with Gasteiger partial charge in [-0.2, -0.15) is 13.2 Å². The summed E-state index contributed by atoms with van der Waals surface area (Å²) >= 11 is 0. The summed E-state index contributed by atoms with van der Waals surface area (Å²) in [5.74, 6) is -0.189. The Labute approximate surface area is 169 Å². The van der Waals surface area contributed by atoms with E-state index in [0.717, 1.165) is 12.1 Å². The normalized spacial score (nSPS) is 11.5. The first-order valence-corrected chi connectivity index (χ1v) is 9.00. The first-order chi connectivity index (χ1) is 14.3. The maximum absolute atomic E-state index is 12.6. The van der Waals surface area contributed by atoms with Crippen molar-refractivity contribution in [3.8, 4) is 5.75 Å². The van der Waals surface area contributed by atoms with Crippen molar-refractivity contribution < 1.29 is 27.4 Å². The average molecular weight is 420 g/mol. The summed E-state index contributed by atoms with van der Waals surface area (Å²) in [6.45, 7) is 0.435. The molecular weight excluding hydrogens is 401 g/mol. The zero-order valence-corrected chi connectivity index (χ0v) is 16.0. The molecule has 0 spiro atoms. The molecule has 0 bridgehead atoms. The molecule has 0 unspecified atom stereocenters. The van der Waals surface area contributed by atoms with Crippen molar-refractivity contribution in [1.29, 1.82) is 0 Å².